The molecule has 3 aliphatic heterocycles. The largest absolute Gasteiger partial charge is 0.350 e. The van der Waals surface area contributed by atoms with E-state index in [4.69, 9.17) is 9.47 Å². The topological polar surface area (TPSA) is 41.8 Å². The number of benzene rings is 1. The Labute approximate surface area is 147 Å². The van der Waals surface area contributed by atoms with Gasteiger partial charge in [-0.25, -0.2) is 4.39 Å². The summed E-state index contributed by atoms with van der Waals surface area (Å²) in [6.07, 6.45) is 2.43. The van der Waals surface area contributed by atoms with Gasteiger partial charge in [-0.2, -0.15) is 0 Å². The van der Waals surface area contributed by atoms with Crippen LogP contribution in [0.15, 0.2) is 18.2 Å². The summed E-state index contributed by atoms with van der Waals surface area (Å²) in [5.41, 5.74) is 2.02. The number of rotatable bonds is 3. The summed E-state index contributed by atoms with van der Waals surface area (Å²) in [6, 6.07) is 4.77. The van der Waals surface area contributed by atoms with Crippen LogP contribution in [-0.4, -0.2) is 60.4 Å². The highest BCUT2D eigenvalue weighted by atomic mass is 19.1. The lowest BCUT2D eigenvalue weighted by atomic mass is 10.0. The fraction of sp³-hybridized carbons (Fsp3) is 0.632. The van der Waals surface area contributed by atoms with E-state index in [-0.39, 0.29) is 17.8 Å². The molecule has 1 amide bonds. The van der Waals surface area contributed by atoms with E-state index in [1.807, 2.05) is 11.8 Å². The normalized spacial score (nSPS) is 28.2. The summed E-state index contributed by atoms with van der Waals surface area (Å²) in [5.74, 6) is -0.504. The van der Waals surface area contributed by atoms with Crippen LogP contribution in [0.1, 0.15) is 30.4 Å². The molecule has 0 radical (unpaired) electrons. The van der Waals surface area contributed by atoms with Gasteiger partial charge in [0.15, 0.2) is 5.79 Å². The van der Waals surface area contributed by atoms with E-state index in [1.54, 1.807) is 12.1 Å². The van der Waals surface area contributed by atoms with Gasteiger partial charge < -0.3 is 14.4 Å². The van der Waals surface area contributed by atoms with Crippen molar-refractivity contribution in [2.45, 2.75) is 44.6 Å². The highest BCUT2D eigenvalue weighted by Crippen LogP contribution is 2.32. The molecule has 3 heterocycles. The zero-order valence-corrected chi connectivity index (χ0v) is 14.7. The molecule has 25 heavy (non-hydrogen) atoms. The molecule has 4 rings (SSSR count). The molecule has 6 heteroatoms. The first-order chi connectivity index (χ1) is 12.1. The SMILES string of the molecule is Cc1ccc(F)cc1CN1CC1C(=O)N1CCC2(CC1)OCCCO2. The van der Waals surface area contributed by atoms with Gasteiger partial charge in [0.2, 0.25) is 5.91 Å². The second-order valence-corrected chi connectivity index (χ2v) is 7.30. The van der Waals surface area contributed by atoms with E-state index in [0.717, 1.165) is 50.1 Å². The summed E-state index contributed by atoms with van der Waals surface area (Å²) < 4.78 is 25.1. The summed E-state index contributed by atoms with van der Waals surface area (Å²) in [4.78, 5) is 16.7. The van der Waals surface area contributed by atoms with E-state index in [2.05, 4.69) is 4.90 Å². The average molecular weight is 348 g/mol. The summed E-state index contributed by atoms with van der Waals surface area (Å²) in [5, 5.41) is 0. The maximum atomic E-state index is 13.4. The van der Waals surface area contributed by atoms with Crippen LogP contribution in [0.2, 0.25) is 0 Å². The zero-order valence-electron chi connectivity index (χ0n) is 14.7. The van der Waals surface area contributed by atoms with Gasteiger partial charge in [0.25, 0.3) is 0 Å². The predicted molar refractivity (Wildman–Crippen MR) is 90.4 cm³/mol. The van der Waals surface area contributed by atoms with Crippen LogP contribution in [0.25, 0.3) is 0 Å². The third kappa shape index (κ3) is 3.57. The molecule has 2 atom stereocenters. The predicted octanol–water partition coefficient (Wildman–Crippen LogP) is 2.07. The third-order valence-electron chi connectivity index (χ3n) is 5.54. The number of likely N-dealkylation sites (tertiary alicyclic amines) is 1. The monoisotopic (exact) mass is 348 g/mol. The number of carbonyl (C=O) groups is 1. The quantitative estimate of drug-likeness (QED) is 0.785. The van der Waals surface area contributed by atoms with Crippen LogP contribution < -0.4 is 0 Å². The zero-order chi connectivity index (χ0) is 17.4. The van der Waals surface area contributed by atoms with E-state index < -0.39 is 5.79 Å². The maximum absolute atomic E-state index is 13.4. The fourth-order valence-electron chi connectivity index (χ4n) is 3.80. The van der Waals surface area contributed by atoms with Crippen molar-refractivity contribution < 1.29 is 18.7 Å². The van der Waals surface area contributed by atoms with E-state index in [9.17, 15) is 9.18 Å². The molecule has 3 fully saturated rings. The van der Waals surface area contributed by atoms with Crippen molar-refractivity contribution in [3.8, 4) is 0 Å². The van der Waals surface area contributed by atoms with Gasteiger partial charge in [0.1, 0.15) is 11.9 Å². The number of piperidine rings is 1. The summed E-state index contributed by atoms with van der Waals surface area (Å²) >= 11 is 0. The maximum Gasteiger partial charge on any atom is 0.241 e. The summed E-state index contributed by atoms with van der Waals surface area (Å²) in [6.45, 7) is 6.22. The number of carbonyl (C=O) groups excluding carboxylic acids is 1. The van der Waals surface area contributed by atoms with Gasteiger partial charge in [-0.1, -0.05) is 6.07 Å². The molecule has 1 aromatic carbocycles. The number of aryl methyl sites for hydroxylation is 1. The molecule has 136 valence electrons. The molecule has 0 aromatic heterocycles. The molecular formula is C19H25FN2O3. The molecule has 5 nitrogen and oxygen atoms in total. The highest BCUT2D eigenvalue weighted by molar-refractivity contribution is 5.84. The van der Waals surface area contributed by atoms with Crippen molar-refractivity contribution in [3.05, 3.63) is 35.1 Å². The van der Waals surface area contributed by atoms with Crippen LogP contribution in [0.4, 0.5) is 4.39 Å². The first kappa shape index (κ1) is 16.9. The molecule has 0 aliphatic carbocycles. The molecule has 0 N–H and O–H groups in total. The van der Waals surface area contributed by atoms with Crippen LogP contribution in [0.5, 0.6) is 0 Å². The van der Waals surface area contributed by atoms with Crippen LogP contribution in [0, 0.1) is 12.7 Å². The van der Waals surface area contributed by atoms with Crippen molar-refractivity contribution in [2.75, 3.05) is 32.8 Å². The van der Waals surface area contributed by atoms with Gasteiger partial charge >= 0.3 is 0 Å². The lowest BCUT2D eigenvalue weighted by Gasteiger charge is -2.43. The molecule has 3 saturated heterocycles. The lowest BCUT2D eigenvalue weighted by Crippen LogP contribution is -2.52. The van der Waals surface area contributed by atoms with Gasteiger partial charge in [-0.3, -0.25) is 9.69 Å². The van der Waals surface area contributed by atoms with Gasteiger partial charge in [-0.05, 0) is 36.6 Å². The number of amides is 1. The molecule has 1 aromatic rings. The van der Waals surface area contributed by atoms with Gasteiger partial charge in [0.05, 0.1) is 13.2 Å². The standard InChI is InChI=1S/C19H25FN2O3/c1-14-3-4-16(20)11-15(14)12-22-13-17(22)18(23)21-7-5-19(6-8-21)24-9-2-10-25-19/h3-4,11,17H,2,5-10,12-13H2,1H3. The number of hydrogen-bond donors (Lipinski definition) is 0. The second kappa shape index (κ2) is 6.67. The van der Waals surface area contributed by atoms with Crippen molar-refractivity contribution in [1.29, 1.82) is 0 Å². The van der Waals surface area contributed by atoms with E-state index >= 15 is 0 Å². The Morgan fingerprint density at radius 1 is 1.28 bits per heavy atom. The highest BCUT2D eigenvalue weighted by Gasteiger charge is 2.46. The van der Waals surface area contributed by atoms with E-state index in [0.29, 0.717) is 19.6 Å². The Kier molecular flexibility index (Phi) is 4.52. The third-order valence-corrected chi connectivity index (χ3v) is 5.54. The Hall–Kier alpha value is -1.50. The Morgan fingerprint density at radius 2 is 2.00 bits per heavy atom. The molecule has 2 unspecified atom stereocenters. The number of hydrogen-bond acceptors (Lipinski definition) is 4. The first-order valence-corrected chi connectivity index (χ1v) is 9.12. The first-order valence-electron chi connectivity index (χ1n) is 9.12. The van der Waals surface area contributed by atoms with Crippen molar-refractivity contribution in [2.24, 2.45) is 0 Å². The van der Waals surface area contributed by atoms with Crippen LogP contribution in [-0.2, 0) is 20.8 Å². The number of nitrogens with zero attached hydrogens (tertiary/aromatic N) is 2. The minimum atomic E-state index is -0.461. The lowest BCUT2D eigenvalue weighted by molar-refractivity contribution is -0.282. The van der Waals surface area contributed by atoms with Crippen LogP contribution >= 0.6 is 0 Å². The van der Waals surface area contributed by atoms with Crippen molar-refractivity contribution in [1.82, 2.24) is 9.80 Å². The molecule has 3 aliphatic rings. The second-order valence-electron chi connectivity index (χ2n) is 7.30. The molecule has 0 bridgehead atoms. The molecule has 0 saturated carbocycles. The Balaban J connectivity index is 1.30. The molecule has 1 spiro atoms. The minimum absolute atomic E-state index is 0.0649. The minimum Gasteiger partial charge on any atom is -0.350 e. The number of ether oxygens (including phenoxy) is 2. The van der Waals surface area contributed by atoms with Crippen molar-refractivity contribution >= 4 is 5.91 Å². The fourth-order valence-corrected chi connectivity index (χ4v) is 3.80. The van der Waals surface area contributed by atoms with Gasteiger partial charge in [-0.15, -0.1) is 0 Å². The van der Waals surface area contributed by atoms with Crippen LogP contribution in [0.3, 0.4) is 0 Å². The smallest absolute Gasteiger partial charge is 0.241 e. The van der Waals surface area contributed by atoms with Gasteiger partial charge in [0, 0.05) is 39.0 Å². The summed E-state index contributed by atoms with van der Waals surface area (Å²) in [7, 11) is 0. The Bertz CT molecular complexity index is 650. The Morgan fingerprint density at radius 3 is 2.72 bits per heavy atom. The van der Waals surface area contributed by atoms with E-state index in [1.165, 1.54) is 6.07 Å². The average Bonchev–Trinajstić information content (AvgIpc) is 3.38. The molecular weight excluding hydrogens is 323 g/mol. The number of halogens is 1. The van der Waals surface area contributed by atoms with Crippen molar-refractivity contribution in [3.63, 3.8) is 0 Å².